The van der Waals surface area contributed by atoms with Gasteiger partial charge in [0.25, 0.3) is 0 Å². The third-order valence-electron chi connectivity index (χ3n) is 4.54. The number of nitrogens with zero attached hydrogens (tertiary/aromatic N) is 2. The number of halogens is 1. The second-order valence-corrected chi connectivity index (χ2v) is 6.49. The molecule has 2 aliphatic rings. The van der Waals surface area contributed by atoms with E-state index in [4.69, 9.17) is 10.5 Å². The van der Waals surface area contributed by atoms with Crippen LogP contribution in [0.25, 0.3) is 0 Å². The van der Waals surface area contributed by atoms with Gasteiger partial charge in [0.2, 0.25) is 0 Å². The molecule has 1 aliphatic carbocycles. The molecule has 0 amide bonds. The summed E-state index contributed by atoms with van der Waals surface area (Å²) in [5.74, 6) is 0.846. The van der Waals surface area contributed by atoms with E-state index in [-0.39, 0.29) is 25.4 Å². The van der Waals surface area contributed by atoms with E-state index in [1.54, 1.807) is 0 Å². The molecule has 2 N–H and O–H groups in total. The monoisotopic (exact) mass is 429 g/mol. The van der Waals surface area contributed by atoms with Gasteiger partial charge in [-0.2, -0.15) is 0 Å². The Morgan fingerprint density at radius 3 is 2.14 bits per heavy atom. The zero-order valence-corrected chi connectivity index (χ0v) is 17.3. The Morgan fingerprint density at radius 1 is 1.14 bits per heavy atom. The van der Waals surface area contributed by atoms with Gasteiger partial charge in [0.05, 0.1) is 12.7 Å². The molecule has 0 spiro atoms. The molecule has 0 bridgehead atoms. The van der Waals surface area contributed by atoms with Crippen LogP contribution in [0.4, 0.5) is 0 Å². The number of ether oxygens (including phenoxy) is 1. The molecule has 1 heterocycles. The summed E-state index contributed by atoms with van der Waals surface area (Å²) >= 11 is 0. The van der Waals surface area contributed by atoms with Crippen molar-refractivity contribution in [2.24, 2.45) is 11.7 Å². The van der Waals surface area contributed by atoms with Crippen molar-refractivity contribution in [1.82, 2.24) is 9.80 Å². The second-order valence-electron chi connectivity index (χ2n) is 6.49. The molecule has 22 heavy (non-hydrogen) atoms. The molecule has 1 saturated carbocycles. The maximum Gasteiger partial charge on any atom is 0.0597 e. The molecule has 0 aromatic heterocycles. The Balaban J connectivity index is 0. The first kappa shape index (κ1) is 22.6. The zero-order valence-electron chi connectivity index (χ0n) is 14.9. The topological polar surface area (TPSA) is 41.7 Å². The molecule has 0 aromatic carbocycles. The number of hydrogen-bond acceptors (Lipinski definition) is 4. The van der Waals surface area contributed by atoms with Crippen molar-refractivity contribution >= 4 is 24.0 Å². The van der Waals surface area contributed by atoms with Crippen LogP contribution in [-0.2, 0) is 4.74 Å². The molecule has 1 saturated heterocycles. The van der Waals surface area contributed by atoms with Gasteiger partial charge in [0.15, 0.2) is 0 Å². The average molecular weight is 429 g/mol. The highest BCUT2D eigenvalue weighted by atomic mass is 127. The SMILES string of the molecule is CCC(C)CN1CCN(CCOC2CCC2)CC1.CCN.I.[HH]. The van der Waals surface area contributed by atoms with E-state index in [1.165, 1.54) is 58.4 Å². The molecule has 2 fully saturated rings. The van der Waals surface area contributed by atoms with Crippen molar-refractivity contribution < 1.29 is 6.16 Å². The van der Waals surface area contributed by atoms with Gasteiger partial charge in [-0.1, -0.05) is 27.2 Å². The zero-order chi connectivity index (χ0) is 15.5. The fourth-order valence-electron chi connectivity index (χ4n) is 2.65. The molecular formula is C17H40IN3O. The van der Waals surface area contributed by atoms with Gasteiger partial charge in [-0.15, -0.1) is 24.0 Å². The van der Waals surface area contributed by atoms with Gasteiger partial charge in [0, 0.05) is 40.7 Å². The third kappa shape index (κ3) is 9.65. The van der Waals surface area contributed by atoms with Crippen LogP contribution in [0.2, 0.25) is 0 Å². The lowest BCUT2D eigenvalue weighted by molar-refractivity contribution is -0.0126. The highest BCUT2D eigenvalue weighted by molar-refractivity contribution is 14.0. The minimum atomic E-state index is 0. The lowest BCUT2D eigenvalue weighted by Gasteiger charge is -2.36. The third-order valence-corrected chi connectivity index (χ3v) is 4.54. The van der Waals surface area contributed by atoms with Crippen molar-refractivity contribution in [2.75, 3.05) is 52.4 Å². The quantitative estimate of drug-likeness (QED) is 0.632. The minimum absolute atomic E-state index is 0. The molecular weight excluding hydrogens is 389 g/mol. The van der Waals surface area contributed by atoms with E-state index in [1.807, 2.05) is 6.92 Å². The molecule has 2 rings (SSSR count). The normalized spacial score (nSPS) is 21.3. The van der Waals surface area contributed by atoms with Crippen LogP contribution in [0.15, 0.2) is 0 Å². The lowest BCUT2D eigenvalue weighted by atomic mass is 9.96. The van der Waals surface area contributed by atoms with E-state index < -0.39 is 0 Å². The summed E-state index contributed by atoms with van der Waals surface area (Å²) < 4.78 is 5.83. The smallest absolute Gasteiger partial charge is 0.0597 e. The highest BCUT2D eigenvalue weighted by Crippen LogP contribution is 2.21. The molecule has 0 aromatic rings. The summed E-state index contributed by atoms with van der Waals surface area (Å²) in [6, 6.07) is 0. The highest BCUT2D eigenvalue weighted by Gasteiger charge is 2.20. The Kier molecular flexibility index (Phi) is 14.3. The number of piperazine rings is 1. The first-order valence-electron chi connectivity index (χ1n) is 8.95. The maximum atomic E-state index is 5.83. The summed E-state index contributed by atoms with van der Waals surface area (Å²) in [5, 5.41) is 0. The predicted molar refractivity (Wildman–Crippen MR) is 108 cm³/mol. The van der Waals surface area contributed by atoms with Crippen molar-refractivity contribution in [3.05, 3.63) is 0 Å². The first-order valence-corrected chi connectivity index (χ1v) is 8.95. The fraction of sp³-hybridized carbons (Fsp3) is 1.00. The number of nitrogens with two attached hydrogens (primary N) is 1. The lowest BCUT2D eigenvalue weighted by Crippen LogP contribution is -2.48. The molecule has 1 atom stereocenters. The van der Waals surface area contributed by atoms with Gasteiger partial charge in [-0.3, -0.25) is 4.90 Å². The summed E-state index contributed by atoms with van der Waals surface area (Å²) in [7, 11) is 0. The van der Waals surface area contributed by atoms with E-state index >= 15 is 0 Å². The molecule has 1 aliphatic heterocycles. The Labute approximate surface area is 156 Å². The Morgan fingerprint density at radius 2 is 1.68 bits per heavy atom. The minimum Gasteiger partial charge on any atom is -0.377 e. The summed E-state index contributed by atoms with van der Waals surface area (Å²) in [4.78, 5) is 5.18. The molecule has 136 valence electrons. The summed E-state index contributed by atoms with van der Waals surface area (Å²) in [5.41, 5.74) is 4.85. The Bertz CT molecular complexity index is 250. The molecule has 5 heteroatoms. The van der Waals surface area contributed by atoms with Crippen LogP contribution >= 0.6 is 24.0 Å². The van der Waals surface area contributed by atoms with Crippen LogP contribution in [-0.4, -0.2) is 68.3 Å². The van der Waals surface area contributed by atoms with E-state index in [0.29, 0.717) is 6.10 Å². The van der Waals surface area contributed by atoms with Crippen LogP contribution in [0.5, 0.6) is 0 Å². The maximum absolute atomic E-state index is 5.83. The van der Waals surface area contributed by atoms with Gasteiger partial charge in [-0.05, 0) is 31.7 Å². The summed E-state index contributed by atoms with van der Waals surface area (Å²) in [6.45, 7) is 15.6. The molecule has 4 nitrogen and oxygen atoms in total. The standard InChI is InChI=1S/C15H30N2O.C2H7N.HI.H2/c1-3-14(2)13-17-9-7-16(8-10-17)11-12-18-15-5-4-6-15;1-2-3;;/h14-15H,3-13H2,1-2H3;2-3H2,1H3;2*1H. The van der Waals surface area contributed by atoms with E-state index in [9.17, 15) is 0 Å². The van der Waals surface area contributed by atoms with Crippen molar-refractivity contribution in [3.63, 3.8) is 0 Å². The number of rotatable bonds is 7. The van der Waals surface area contributed by atoms with Crippen molar-refractivity contribution in [1.29, 1.82) is 0 Å². The van der Waals surface area contributed by atoms with Crippen LogP contribution < -0.4 is 5.73 Å². The fourth-order valence-corrected chi connectivity index (χ4v) is 2.65. The van der Waals surface area contributed by atoms with Gasteiger partial charge >= 0.3 is 0 Å². The van der Waals surface area contributed by atoms with Gasteiger partial charge in [-0.25, -0.2) is 0 Å². The predicted octanol–water partition coefficient (Wildman–Crippen LogP) is 3.05. The van der Waals surface area contributed by atoms with Crippen LogP contribution in [0.3, 0.4) is 0 Å². The molecule has 0 radical (unpaired) electrons. The van der Waals surface area contributed by atoms with Crippen molar-refractivity contribution in [2.45, 2.75) is 52.6 Å². The summed E-state index contributed by atoms with van der Waals surface area (Å²) in [6.07, 6.45) is 5.86. The largest absolute Gasteiger partial charge is 0.377 e. The van der Waals surface area contributed by atoms with Crippen LogP contribution in [0.1, 0.15) is 47.9 Å². The van der Waals surface area contributed by atoms with E-state index in [0.717, 1.165) is 25.6 Å². The first-order chi connectivity index (χ1) is 10.2. The molecule has 1 unspecified atom stereocenters. The average Bonchev–Trinajstić information content (AvgIpc) is 2.44. The van der Waals surface area contributed by atoms with E-state index in [2.05, 4.69) is 23.6 Å². The van der Waals surface area contributed by atoms with Crippen molar-refractivity contribution in [3.8, 4) is 0 Å². The van der Waals surface area contributed by atoms with Crippen LogP contribution in [0, 0.1) is 5.92 Å². The Hall–Kier alpha value is 0.570. The second kappa shape index (κ2) is 14.0. The van der Waals surface area contributed by atoms with Gasteiger partial charge in [0.1, 0.15) is 0 Å². The number of hydrogen-bond donors (Lipinski definition) is 1. The van der Waals surface area contributed by atoms with Gasteiger partial charge < -0.3 is 15.4 Å².